The van der Waals surface area contributed by atoms with Crippen molar-refractivity contribution in [1.82, 2.24) is 4.98 Å². The molecule has 1 unspecified atom stereocenters. The van der Waals surface area contributed by atoms with Crippen molar-refractivity contribution in [1.29, 1.82) is 0 Å². The molecule has 24 heavy (non-hydrogen) atoms. The summed E-state index contributed by atoms with van der Waals surface area (Å²) in [4.78, 5) is 17.2. The number of ether oxygens (including phenoxy) is 1. The number of benzene rings is 2. The molecule has 1 aromatic heterocycles. The first-order valence-corrected chi connectivity index (χ1v) is 9.82. The molecule has 0 bridgehead atoms. The number of oxazole rings is 1. The summed E-state index contributed by atoms with van der Waals surface area (Å²) in [5.41, 5.74) is 1.64. The number of fused-ring (bicyclic) bond motifs is 1. The molecule has 1 heterocycles. The minimum atomic E-state index is -0.196. The molecular weight excluding hydrogens is 342 g/mol. The van der Waals surface area contributed by atoms with Crippen molar-refractivity contribution >= 4 is 38.7 Å². The topological polar surface area (TPSA) is 52.3 Å². The number of para-hydroxylation sites is 2. The van der Waals surface area contributed by atoms with Crippen LogP contribution in [0, 0.1) is 5.92 Å². The van der Waals surface area contributed by atoms with Crippen molar-refractivity contribution in [3.05, 3.63) is 48.5 Å². The Balaban J connectivity index is 1.59. The van der Waals surface area contributed by atoms with E-state index in [9.17, 15) is 4.79 Å². The van der Waals surface area contributed by atoms with Crippen LogP contribution in [-0.2, 0) is 4.79 Å². The zero-order valence-corrected chi connectivity index (χ0v) is 15.0. The summed E-state index contributed by atoms with van der Waals surface area (Å²) < 4.78 is 11.0. The number of hydrogen-bond donors (Lipinski definition) is 0. The van der Waals surface area contributed by atoms with E-state index < -0.39 is 0 Å². The van der Waals surface area contributed by atoms with E-state index in [4.69, 9.17) is 9.15 Å². The molecular formula is C18H17NO3S2. The Bertz CT molecular complexity index is 797. The highest BCUT2D eigenvalue weighted by Crippen LogP contribution is 2.38. The van der Waals surface area contributed by atoms with Crippen molar-refractivity contribution in [3.8, 4) is 5.75 Å². The summed E-state index contributed by atoms with van der Waals surface area (Å²) in [5, 5.41) is 0.619. The number of rotatable bonds is 6. The number of carbonyl (C=O) groups excluding carboxylic acids is 1. The average molecular weight is 359 g/mol. The van der Waals surface area contributed by atoms with Gasteiger partial charge in [-0.3, -0.25) is 4.79 Å². The van der Waals surface area contributed by atoms with Gasteiger partial charge in [0, 0.05) is 15.7 Å². The molecule has 0 spiro atoms. The van der Waals surface area contributed by atoms with Crippen LogP contribution < -0.4 is 4.74 Å². The van der Waals surface area contributed by atoms with Crippen molar-refractivity contribution in [2.45, 2.75) is 30.4 Å². The molecule has 3 rings (SSSR count). The van der Waals surface area contributed by atoms with Crippen molar-refractivity contribution < 1.29 is 13.9 Å². The highest BCUT2D eigenvalue weighted by atomic mass is 33.1. The Hall–Kier alpha value is -1.92. The maximum absolute atomic E-state index is 11.8. The second-order valence-electron chi connectivity index (χ2n) is 5.32. The normalized spacial score (nSPS) is 12.2. The van der Waals surface area contributed by atoms with Gasteiger partial charge in [-0.15, -0.1) is 0 Å². The molecule has 0 saturated heterocycles. The summed E-state index contributed by atoms with van der Waals surface area (Å²) in [5.74, 6) is 0.282. The molecule has 0 aliphatic carbocycles. The van der Waals surface area contributed by atoms with Gasteiger partial charge in [-0.1, -0.05) is 26.0 Å². The third kappa shape index (κ3) is 4.13. The van der Waals surface area contributed by atoms with Crippen LogP contribution in [0.5, 0.6) is 5.75 Å². The lowest BCUT2D eigenvalue weighted by Crippen LogP contribution is -2.16. The zero-order chi connectivity index (χ0) is 16.9. The van der Waals surface area contributed by atoms with Crippen molar-refractivity contribution in [3.63, 3.8) is 0 Å². The van der Waals surface area contributed by atoms with Gasteiger partial charge < -0.3 is 9.15 Å². The van der Waals surface area contributed by atoms with Crippen molar-refractivity contribution in [2.75, 3.05) is 0 Å². The predicted molar refractivity (Wildman–Crippen MR) is 97.3 cm³/mol. The average Bonchev–Trinajstić information content (AvgIpc) is 3.03. The first kappa shape index (κ1) is 16.9. The molecule has 1 atom stereocenters. The number of hydrogen-bond acceptors (Lipinski definition) is 6. The Morgan fingerprint density at radius 2 is 1.92 bits per heavy atom. The largest absolute Gasteiger partial charge is 0.431 e. The van der Waals surface area contributed by atoms with Gasteiger partial charge in [0.15, 0.2) is 5.58 Å². The van der Waals surface area contributed by atoms with Gasteiger partial charge in [0.1, 0.15) is 11.3 Å². The van der Waals surface area contributed by atoms with Crippen molar-refractivity contribution in [2.24, 2.45) is 5.92 Å². The lowest BCUT2D eigenvalue weighted by molar-refractivity contribution is -0.138. The van der Waals surface area contributed by atoms with Crippen LogP contribution in [-0.4, -0.2) is 11.0 Å². The van der Waals surface area contributed by atoms with Gasteiger partial charge in [0.2, 0.25) is 0 Å². The molecule has 0 amide bonds. The molecule has 0 N–H and O–H groups in total. The Morgan fingerprint density at radius 1 is 1.17 bits per heavy atom. The number of esters is 1. The molecule has 2 aromatic carbocycles. The standard InChI is InChI=1S/C18H17NO3S2/c1-3-12(2)17(20)21-13-8-10-14(11-9-13)23-24-18-19-15-6-4-5-7-16(15)22-18/h4-12H,3H2,1-2H3. The Kier molecular flexibility index (Phi) is 5.48. The van der Waals surface area contributed by atoms with Crippen LogP contribution in [0.1, 0.15) is 20.3 Å². The van der Waals surface area contributed by atoms with Gasteiger partial charge in [-0.25, -0.2) is 4.98 Å². The van der Waals surface area contributed by atoms with E-state index in [2.05, 4.69) is 4.98 Å². The van der Waals surface area contributed by atoms with Crippen LogP contribution in [0.4, 0.5) is 0 Å². The molecule has 0 saturated carbocycles. The van der Waals surface area contributed by atoms with E-state index in [1.165, 1.54) is 10.8 Å². The van der Waals surface area contributed by atoms with Gasteiger partial charge in [-0.05, 0) is 53.6 Å². The number of carbonyl (C=O) groups is 1. The fourth-order valence-corrected chi connectivity index (χ4v) is 3.64. The van der Waals surface area contributed by atoms with Crippen LogP contribution in [0.2, 0.25) is 0 Å². The minimum Gasteiger partial charge on any atom is -0.431 e. The second kappa shape index (κ2) is 7.77. The fraction of sp³-hybridized carbons (Fsp3) is 0.222. The van der Waals surface area contributed by atoms with E-state index in [1.54, 1.807) is 22.9 Å². The fourth-order valence-electron chi connectivity index (χ4n) is 1.92. The molecule has 0 fully saturated rings. The molecule has 0 radical (unpaired) electrons. The van der Waals surface area contributed by atoms with E-state index in [1.807, 2.05) is 50.2 Å². The summed E-state index contributed by atoms with van der Waals surface area (Å²) in [6.45, 7) is 3.83. The molecule has 0 aliphatic rings. The lowest BCUT2D eigenvalue weighted by Gasteiger charge is -2.09. The first-order chi connectivity index (χ1) is 11.7. The highest BCUT2D eigenvalue weighted by molar-refractivity contribution is 8.76. The summed E-state index contributed by atoms with van der Waals surface area (Å²) in [6, 6.07) is 15.1. The quantitative estimate of drug-likeness (QED) is 0.325. The van der Waals surface area contributed by atoms with Gasteiger partial charge in [-0.2, -0.15) is 0 Å². The van der Waals surface area contributed by atoms with Crippen LogP contribution in [0.25, 0.3) is 11.1 Å². The monoisotopic (exact) mass is 359 g/mol. The molecule has 124 valence electrons. The highest BCUT2D eigenvalue weighted by Gasteiger charge is 2.13. The minimum absolute atomic E-state index is 0.0891. The summed E-state index contributed by atoms with van der Waals surface area (Å²) in [6.07, 6.45) is 0.772. The summed E-state index contributed by atoms with van der Waals surface area (Å²) >= 11 is 0. The number of aromatic nitrogens is 1. The molecule has 6 heteroatoms. The molecule has 0 aliphatic heterocycles. The van der Waals surface area contributed by atoms with E-state index in [-0.39, 0.29) is 11.9 Å². The lowest BCUT2D eigenvalue weighted by atomic mass is 10.1. The van der Waals surface area contributed by atoms with E-state index in [0.717, 1.165) is 22.4 Å². The Morgan fingerprint density at radius 3 is 2.62 bits per heavy atom. The van der Waals surface area contributed by atoms with Gasteiger partial charge in [0.25, 0.3) is 5.22 Å². The van der Waals surface area contributed by atoms with Gasteiger partial charge >= 0.3 is 5.97 Å². The van der Waals surface area contributed by atoms with Crippen LogP contribution in [0.3, 0.4) is 0 Å². The first-order valence-electron chi connectivity index (χ1n) is 7.67. The zero-order valence-electron chi connectivity index (χ0n) is 13.4. The molecule has 3 aromatic rings. The number of nitrogens with zero attached hydrogens (tertiary/aromatic N) is 1. The smallest absolute Gasteiger partial charge is 0.314 e. The van der Waals surface area contributed by atoms with Gasteiger partial charge in [0.05, 0.1) is 5.92 Å². The van der Waals surface area contributed by atoms with E-state index >= 15 is 0 Å². The Labute approximate surface area is 148 Å². The van der Waals surface area contributed by atoms with Crippen LogP contribution in [0.15, 0.2) is 63.1 Å². The maximum atomic E-state index is 11.8. The predicted octanol–water partition coefficient (Wildman–Crippen LogP) is 5.58. The third-order valence-electron chi connectivity index (χ3n) is 3.54. The van der Waals surface area contributed by atoms with Crippen LogP contribution >= 0.6 is 21.6 Å². The summed E-state index contributed by atoms with van der Waals surface area (Å²) in [7, 11) is 3.01. The maximum Gasteiger partial charge on any atom is 0.314 e. The molecule has 4 nitrogen and oxygen atoms in total. The second-order valence-corrected chi connectivity index (χ2v) is 7.47. The third-order valence-corrected chi connectivity index (χ3v) is 5.66. The van der Waals surface area contributed by atoms with E-state index in [0.29, 0.717) is 11.0 Å². The SMILES string of the molecule is CCC(C)C(=O)Oc1ccc(SSc2nc3ccccc3o2)cc1.